The SMILES string of the molecule is Cc1ccn2cc(CNC(=O)c3cc4ncc(CCO)cn4n3)nc2c1. The van der Waals surface area contributed by atoms with Gasteiger partial charge in [0.05, 0.1) is 12.2 Å². The second kappa shape index (κ2) is 6.57. The highest BCUT2D eigenvalue weighted by atomic mass is 16.3. The molecular formula is C18H18N6O2. The summed E-state index contributed by atoms with van der Waals surface area (Å²) in [6, 6.07) is 5.62. The first-order valence-corrected chi connectivity index (χ1v) is 8.30. The summed E-state index contributed by atoms with van der Waals surface area (Å²) in [5.41, 5.74) is 4.49. The fraction of sp³-hybridized carbons (Fsp3) is 0.222. The van der Waals surface area contributed by atoms with E-state index in [4.69, 9.17) is 5.11 Å². The Morgan fingerprint density at radius 1 is 1.27 bits per heavy atom. The number of aromatic nitrogens is 5. The molecule has 0 fully saturated rings. The van der Waals surface area contributed by atoms with Crippen LogP contribution in [-0.2, 0) is 13.0 Å². The van der Waals surface area contributed by atoms with Crippen molar-refractivity contribution in [3.8, 4) is 0 Å². The maximum atomic E-state index is 12.4. The Balaban J connectivity index is 1.49. The molecular weight excluding hydrogens is 332 g/mol. The first kappa shape index (κ1) is 16.2. The minimum Gasteiger partial charge on any atom is -0.396 e. The lowest BCUT2D eigenvalue weighted by atomic mass is 10.2. The Morgan fingerprint density at radius 3 is 3.00 bits per heavy atom. The van der Waals surface area contributed by atoms with Crippen LogP contribution < -0.4 is 5.32 Å². The lowest BCUT2D eigenvalue weighted by molar-refractivity contribution is 0.0945. The Morgan fingerprint density at radius 2 is 2.15 bits per heavy atom. The van der Waals surface area contributed by atoms with Gasteiger partial charge in [0.2, 0.25) is 0 Å². The number of aliphatic hydroxyl groups excluding tert-OH is 1. The molecule has 4 heterocycles. The van der Waals surface area contributed by atoms with Crippen molar-refractivity contribution in [2.75, 3.05) is 6.61 Å². The van der Waals surface area contributed by atoms with E-state index in [1.165, 1.54) is 0 Å². The lowest BCUT2D eigenvalue weighted by Crippen LogP contribution is -2.23. The summed E-state index contributed by atoms with van der Waals surface area (Å²) in [6.45, 7) is 2.37. The van der Waals surface area contributed by atoms with Crippen molar-refractivity contribution in [1.29, 1.82) is 0 Å². The van der Waals surface area contributed by atoms with Crippen LogP contribution >= 0.6 is 0 Å². The van der Waals surface area contributed by atoms with Crippen molar-refractivity contribution >= 4 is 17.2 Å². The molecule has 2 N–H and O–H groups in total. The molecule has 4 aromatic rings. The molecule has 8 nitrogen and oxygen atoms in total. The average Bonchev–Trinajstić information content (AvgIpc) is 3.22. The minimum absolute atomic E-state index is 0.0420. The van der Waals surface area contributed by atoms with Gasteiger partial charge < -0.3 is 14.8 Å². The number of imidazole rings is 1. The zero-order valence-corrected chi connectivity index (χ0v) is 14.3. The van der Waals surface area contributed by atoms with Crippen LogP contribution in [0.3, 0.4) is 0 Å². The Kier molecular flexibility index (Phi) is 4.10. The number of hydrogen-bond acceptors (Lipinski definition) is 5. The number of nitrogens with one attached hydrogen (secondary N) is 1. The molecule has 26 heavy (non-hydrogen) atoms. The first-order chi connectivity index (χ1) is 12.6. The van der Waals surface area contributed by atoms with E-state index in [0.29, 0.717) is 24.3 Å². The standard InChI is InChI=1S/C18H18N6O2/c1-12-2-4-23-11-14(21-17(23)6-12)9-20-18(26)15-7-16-19-8-13(3-5-25)10-24(16)22-15/h2,4,6-8,10-11,25H,3,5,9H2,1H3,(H,20,26). The van der Waals surface area contributed by atoms with Crippen LogP contribution in [0.2, 0.25) is 0 Å². The summed E-state index contributed by atoms with van der Waals surface area (Å²) >= 11 is 0. The highest BCUT2D eigenvalue weighted by Gasteiger charge is 2.12. The number of rotatable bonds is 5. The van der Waals surface area contributed by atoms with Gasteiger partial charge in [-0.1, -0.05) is 0 Å². The predicted molar refractivity (Wildman–Crippen MR) is 94.9 cm³/mol. The molecule has 0 spiro atoms. The van der Waals surface area contributed by atoms with E-state index in [9.17, 15) is 4.79 Å². The molecule has 0 radical (unpaired) electrons. The molecule has 0 aliphatic rings. The van der Waals surface area contributed by atoms with Crippen molar-refractivity contribution in [3.63, 3.8) is 0 Å². The maximum Gasteiger partial charge on any atom is 0.272 e. The second-order valence-corrected chi connectivity index (χ2v) is 6.15. The average molecular weight is 350 g/mol. The topological polar surface area (TPSA) is 96.8 Å². The third-order valence-corrected chi connectivity index (χ3v) is 4.10. The van der Waals surface area contributed by atoms with Gasteiger partial charge in [-0.2, -0.15) is 5.10 Å². The maximum absolute atomic E-state index is 12.4. The summed E-state index contributed by atoms with van der Waals surface area (Å²) in [7, 11) is 0. The fourth-order valence-corrected chi connectivity index (χ4v) is 2.77. The summed E-state index contributed by atoms with van der Waals surface area (Å²) in [6.07, 6.45) is 7.77. The molecule has 0 atom stereocenters. The first-order valence-electron chi connectivity index (χ1n) is 8.30. The number of pyridine rings is 1. The number of carbonyl (C=O) groups excluding carboxylic acids is 1. The van der Waals surface area contributed by atoms with Crippen LogP contribution in [-0.4, -0.2) is 41.6 Å². The number of nitrogens with zero attached hydrogens (tertiary/aromatic N) is 5. The van der Waals surface area contributed by atoms with Gasteiger partial charge in [0.15, 0.2) is 11.3 Å². The van der Waals surface area contributed by atoms with Crippen molar-refractivity contribution in [3.05, 3.63) is 65.5 Å². The molecule has 0 aliphatic heterocycles. The molecule has 0 saturated carbocycles. The van der Waals surface area contributed by atoms with Gasteiger partial charge in [-0.05, 0) is 36.6 Å². The highest BCUT2D eigenvalue weighted by Crippen LogP contribution is 2.09. The monoisotopic (exact) mass is 350 g/mol. The van der Waals surface area contributed by atoms with Crippen LogP contribution in [0.4, 0.5) is 0 Å². The van der Waals surface area contributed by atoms with Crippen molar-refractivity contribution < 1.29 is 9.90 Å². The van der Waals surface area contributed by atoms with E-state index in [2.05, 4.69) is 20.4 Å². The number of aliphatic hydroxyl groups is 1. The van der Waals surface area contributed by atoms with E-state index < -0.39 is 0 Å². The van der Waals surface area contributed by atoms with Gasteiger partial charge in [-0.15, -0.1) is 0 Å². The summed E-state index contributed by atoms with van der Waals surface area (Å²) in [5.74, 6) is -0.285. The number of amides is 1. The van der Waals surface area contributed by atoms with E-state index in [1.54, 1.807) is 23.0 Å². The van der Waals surface area contributed by atoms with Crippen LogP contribution in [0.15, 0.2) is 43.0 Å². The number of aryl methyl sites for hydroxylation is 1. The molecule has 0 aromatic carbocycles. The summed E-state index contributed by atoms with van der Waals surface area (Å²) in [4.78, 5) is 21.1. The second-order valence-electron chi connectivity index (χ2n) is 6.15. The van der Waals surface area contributed by atoms with Crippen LogP contribution in [0.5, 0.6) is 0 Å². The number of hydrogen-bond donors (Lipinski definition) is 2. The number of fused-ring (bicyclic) bond motifs is 2. The van der Waals surface area contributed by atoms with Crippen LogP contribution in [0, 0.1) is 6.92 Å². The molecule has 0 bridgehead atoms. The Labute approximate surface area is 149 Å². The highest BCUT2D eigenvalue weighted by molar-refractivity contribution is 5.93. The molecule has 4 rings (SSSR count). The Hall–Kier alpha value is -3.26. The van der Waals surface area contributed by atoms with Crippen molar-refractivity contribution in [2.24, 2.45) is 0 Å². The van der Waals surface area contributed by atoms with Gasteiger partial charge >= 0.3 is 0 Å². The zero-order valence-electron chi connectivity index (χ0n) is 14.3. The third kappa shape index (κ3) is 3.14. The van der Waals surface area contributed by atoms with Gasteiger partial charge in [0, 0.05) is 37.5 Å². The molecule has 0 saturated heterocycles. The molecule has 4 aromatic heterocycles. The van der Waals surface area contributed by atoms with Gasteiger partial charge in [0.25, 0.3) is 5.91 Å². The molecule has 132 valence electrons. The minimum atomic E-state index is -0.285. The molecule has 0 unspecified atom stereocenters. The number of carbonyl (C=O) groups is 1. The third-order valence-electron chi connectivity index (χ3n) is 4.10. The quantitative estimate of drug-likeness (QED) is 0.563. The van der Waals surface area contributed by atoms with Gasteiger partial charge in [-0.3, -0.25) is 4.79 Å². The van der Waals surface area contributed by atoms with Crippen molar-refractivity contribution in [1.82, 2.24) is 29.3 Å². The summed E-state index contributed by atoms with van der Waals surface area (Å²) in [5, 5.41) is 16.1. The zero-order chi connectivity index (χ0) is 18.1. The van der Waals surface area contributed by atoms with E-state index >= 15 is 0 Å². The van der Waals surface area contributed by atoms with E-state index in [0.717, 1.165) is 22.5 Å². The molecule has 0 aliphatic carbocycles. The predicted octanol–water partition coefficient (Wildman–Crippen LogP) is 1.15. The largest absolute Gasteiger partial charge is 0.396 e. The summed E-state index contributed by atoms with van der Waals surface area (Å²) < 4.78 is 3.47. The van der Waals surface area contributed by atoms with E-state index in [1.807, 2.05) is 35.9 Å². The smallest absolute Gasteiger partial charge is 0.272 e. The van der Waals surface area contributed by atoms with Crippen LogP contribution in [0.25, 0.3) is 11.3 Å². The fourth-order valence-electron chi connectivity index (χ4n) is 2.77. The van der Waals surface area contributed by atoms with Gasteiger partial charge in [-0.25, -0.2) is 14.5 Å². The van der Waals surface area contributed by atoms with Crippen molar-refractivity contribution in [2.45, 2.75) is 19.9 Å². The normalized spacial score (nSPS) is 11.3. The van der Waals surface area contributed by atoms with Gasteiger partial charge in [0.1, 0.15) is 5.65 Å². The molecule has 8 heteroatoms. The van der Waals surface area contributed by atoms with E-state index in [-0.39, 0.29) is 12.5 Å². The lowest BCUT2D eigenvalue weighted by Gasteiger charge is -1.99. The Bertz CT molecular complexity index is 1100. The molecule has 1 amide bonds. The van der Waals surface area contributed by atoms with Crippen LogP contribution in [0.1, 0.15) is 27.3 Å².